The van der Waals surface area contributed by atoms with Gasteiger partial charge in [-0.05, 0) is 42.0 Å². The maximum Gasteiger partial charge on any atom is 0.347 e. The van der Waals surface area contributed by atoms with E-state index in [4.69, 9.17) is 18.9 Å². The van der Waals surface area contributed by atoms with Crippen LogP contribution in [0, 0.1) is 5.82 Å². The molecular formula is C21H15FO5. The highest BCUT2D eigenvalue weighted by Gasteiger charge is 2.18. The van der Waals surface area contributed by atoms with E-state index in [2.05, 4.69) is 0 Å². The summed E-state index contributed by atoms with van der Waals surface area (Å²) in [5.41, 5.74) is 1.08. The van der Waals surface area contributed by atoms with E-state index in [1.807, 2.05) is 0 Å². The third-order valence-corrected chi connectivity index (χ3v) is 3.97. The van der Waals surface area contributed by atoms with E-state index < -0.39 is 5.97 Å². The van der Waals surface area contributed by atoms with Gasteiger partial charge < -0.3 is 18.9 Å². The van der Waals surface area contributed by atoms with Crippen LogP contribution in [0.1, 0.15) is 15.9 Å². The van der Waals surface area contributed by atoms with E-state index in [1.54, 1.807) is 54.6 Å². The molecule has 0 saturated heterocycles. The smallest absolute Gasteiger partial charge is 0.347 e. The Kier molecular flexibility index (Phi) is 4.61. The molecular weight excluding hydrogens is 351 g/mol. The molecule has 0 atom stereocenters. The maximum atomic E-state index is 13.0. The normalized spacial score (nSPS) is 11.9. The summed E-state index contributed by atoms with van der Waals surface area (Å²) in [6.45, 7) is 0.349. The van der Waals surface area contributed by atoms with Crippen molar-refractivity contribution < 1.29 is 28.1 Å². The van der Waals surface area contributed by atoms with Gasteiger partial charge in [-0.25, -0.2) is 9.18 Å². The van der Waals surface area contributed by atoms with Crippen LogP contribution in [0.25, 0.3) is 0 Å². The molecule has 3 aromatic rings. The minimum atomic E-state index is -0.552. The Balaban J connectivity index is 1.48. The lowest BCUT2D eigenvalue weighted by atomic mass is 10.2. The molecule has 3 aromatic carbocycles. The zero-order valence-electron chi connectivity index (χ0n) is 14.2. The van der Waals surface area contributed by atoms with Crippen LogP contribution in [-0.2, 0) is 6.61 Å². The fourth-order valence-corrected chi connectivity index (χ4v) is 2.61. The molecule has 0 amide bonds. The lowest BCUT2D eigenvalue weighted by molar-refractivity contribution is 0.0729. The van der Waals surface area contributed by atoms with Crippen molar-refractivity contribution in [3.63, 3.8) is 0 Å². The fraction of sp³-hybridized carbons (Fsp3) is 0.0952. The average molecular weight is 366 g/mol. The number of benzene rings is 3. The van der Waals surface area contributed by atoms with Gasteiger partial charge in [-0.2, -0.15) is 0 Å². The topological polar surface area (TPSA) is 54.0 Å². The zero-order valence-corrected chi connectivity index (χ0v) is 14.2. The van der Waals surface area contributed by atoms with Crippen LogP contribution in [0.2, 0.25) is 0 Å². The molecule has 0 bridgehead atoms. The molecule has 0 radical (unpaired) electrons. The summed E-state index contributed by atoms with van der Waals surface area (Å²) in [5.74, 6) is 0.999. The Hall–Kier alpha value is -3.54. The molecule has 27 heavy (non-hydrogen) atoms. The number of fused-ring (bicyclic) bond motifs is 1. The summed E-state index contributed by atoms with van der Waals surface area (Å²) in [5, 5.41) is 0. The number of rotatable bonds is 5. The molecule has 1 aliphatic rings. The molecule has 5 nitrogen and oxygen atoms in total. The van der Waals surface area contributed by atoms with E-state index in [-0.39, 0.29) is 24.8 Å². The minimum Gasteiger partial charge on any atom is -0.488 e. The van der Waals surface area contributed by atoms with Crippen LogP contribution in [0.3, 0.4) is 0 Å². The predicted octanol–water partition coefficient (Wildman–Crippen LogP) is 4.35. The summed E-state index contributed by atoms with van der Waals surface area (Å²) in [6.07, 6.45) is 0. The van der Waals surface area contributed by atoms with Gasteiger partial charge in [0.1, 0.15) is 29.5 Å². The van der Waals surface area contributed by atoms with E-state index in [0.29, 0.717) is 23.0 Å². The van der Waals surface area contributed by atoms with Gasteiger partial charge >= 0.3 is 5.97 Å². The van der Waals surface area contributed by atoms with Gasteiger partial charge in [0, 0.05) is 6.07 Å². The molecule has 1 heterocycles. The largest absolute Gasteiger partial charge is 0.488 e. The maximum absolute atomic E-state index is 13.0. The van der Waals surface area contributed by atoms with Crippen LogP contribution >= 0.6 is 0 Å². The Morgan fingerprint density at radius 1 is 0.963 bits per heavy atom. The third kappa shape index (κ3) is 3.84. The summed E-state index contributed by atoms with van der Waals surface area (Å²) in [6, 6.07) is 17.7. The van der Waals surface area contributed by atoms with Gasteiger partial charge in [0.25, 0.3) is 0 Å². The second kappa shape index (κ2) is 7.37. The number of hydrogen-bond acceptors (Lipinski definition) is 5. The van der Waals surface area contributed by atoms with Crippen LogP contribution in [-0.4, -0.2) is 12.8 Å². The monoisotopic (exact) mass is 366 g/mol. The molecule has 0 aliphatic carbocycles. The number of carbonyl (C=O) groups excluding carboxylic acids is 1. The second-order valence-electron chi connectivity index (χ2n) is 5.82. The molecule has 1 aliphatic heterocycles. The minimum absolute atomic E-state index is 0.146. The summed E-state index contributed by atoms with van der Waals surface area (Å²) >= 11 is 0. The number of halogens is 1. The van der Waals surface area contributed by atoms with E-state index in [1.165, 1.54) is 12.1 Å². The molecule has 6 heteroatoms. The lowest BCUT2D eigenvalue weighted by Gasteiger charge is -2.11. The standard InChI is InChI=1S/C21H15FO5/c22-15-7-5-14(6-8-15)12-24-18-4-2-1-3-17(18)21(23)27-16-9-10-19-20(11-16)26-13-25-19/h1-11H,12-13H2. The highest BCUT2D eigenvalue weighted by Crippen LogP contribution is 2.35. The number of esters is 1. The molecule has 0 spiro atoms. The predicted molar refractivity (Wildman–Crippen MR) is 94.7 cm³/mol. The van der Waals surface area contributed by atoms with Gasteiger partial charge in [-0.1, -0.05) is 24.3 Å². The van der Waals surface area contributed by atoms with Gasteiger partial charge in [0.2, 0.25) is 6.79 Å². The molecule has 0 saturated carbocycles. The van der Waals surface area contributed by atoms with Crippen LogP contribution in [0.15, 0.2) is 66.7 Å². The van der Waals surface area contributed by atoms with E-state index in [9.17, 15) is 9.18 Å². The molecule has 0 unspecified atom stereocenters. The second-order valence-corrected chi connectivity index (χ2v) is 5.82. The molecule has 0 fully saturated rings. The highest BCUT2D eigenvalue weighted by molar-refractivity contribution is 5.94. The number of carbonyl (C=O) groups is 1. The molecule has 0 aromatic heterocycles. The Bertz CT molecular complexity index is 969. The molecule has 4 rings (SSSR count). The Labute approximate surface area is 154 Å². The summed E-state index contributed by atoms with van der Waals surface area (Å²) in [4.78, 5) is 12.6. The summed E-state index contributed by atoms with van der Waals surface area (Å²) < 4.78 is 34.7. The van der Waals surface area contributed by atoms with Crippen LogP contribution < -0.4 is 18.9 Å². The first-order valence-corrected chi connectivity index (χ1v) is 8.27. The van der Waals surface area contributed by atoms with Crippen molar-refractivity contribution in [3.8, 4) is 23.0 Å². The van der Waals surface area contributed by atoms with Crippen molar-refractivity contribution in [3.05, 3.63) is 83.7 Å². The highest BCUT2D eigenvalue weighted by atomic mass is 19.1. The quantitative estimate of drug-likeness (QED) is 0.496. The van der Waals surface area contributed by atoms with Gasteiger partial charge in [-0.3, -0.25) is 0 Å². The number of ether oxygens (including phenoxy) is 4. The van der Waals surface area contributed by atoms with Crippen molar-refractivity contribution in [1.82, 2.24) is 0 Å². The lowest BCUT2D eigenvalue weighted by Crippen LogP contribution is -2.11. The van der Waals surface area contributed by atoms with Crippen molar-refractivity contribution in [2.45, 2.75) is 6.61 Å². The SMILES string of the molecule is O=C(Oc1ccc2c(c1)OCO2)c1ccccc1OCc1ccc(F)cc1. The molecule has 0 N–H and O–H groups in total. The number of para-hydroxylation sites is 1. The van der Waals surface area contributed by atoms with E-state index >= 15 is 0 Å². The first-order chi connectivity index (χ1) is 13.2. The number of hydrogen-bond donors (Lipinski definition) is 0. The summed E-state index contributed by atoms with van der Waals surface area (Å²) in [7, 11) is 0. The van der Waals surface area contributed by atoms with Crippen molar-refractivity contribution in [1.29, 1.82) is 0 Å². The average Bonchev–Trinajstić information content (AvgIpc) is 3.15. The fourth-order valence-electron chi connectivity index (χ4n) is 2.61. The Morgan fingerprint density at radius 2 is 1.74 bits per heavy atom. The van der Waals surface area contributed by atoms with Gasteiger partial charge in [-0.15, -0.1) is 0 Å². The van der Waals surface area contributed by atoms with Crippen molar-refractivity contribution in [2.24, 2.45) is 0 Å². The van der Waals surface area contributed by atoms with Crippen LogP contribution in [0.5, 0.6) is 23.0 Å². The van der Waals surface area contributed by atoms with Gasteiger partial charge in [0.05, 0.1) is 0 Å². The van der Waals surface area contributed by atoms with Crippen molar-refractivity contribution in [2.75, 3.05) is 6.79 Å². The van der Waals surface area contributed by atoms with Crippen LogP contribution in [0.4, 0.5) is 4.39 Å². The van der Waals surface area contributed by atoms with Gasteiger partial charge in [0.15, 0.2) is 11.5 Å². The third-order valence-electron chi connectivity index (χ3n) is 3.97. The Morgan fingerprint density at radius 3 is 2.59 bits per heavy atom. The van der Waals surface area contributed by atoms with Crippen molar-refractivity contribution >= 4 is 5.97 Å². The zero-order chi connectivity index (χ0) is 18.6. The first-order valence-electron chi connectivity index (χ1n) is 8.27. The molecule has 136 valence electrons. The van der Waals surface area contributed by atoms with E-state index in [0.717, 1.165) is 5.56 Å². The first kappa shape index (κ1) is 16.9.